The lowest BCUT2D eigenvalue weighted by molar-refractivity contribution is 0.332. The number of benzene rings is 1. The number of rotatable bonds is 7. The second kappa shape index (κ2) is 7.33. The Balaban J connectivity index is 1.85. The number of ether oxygens (including phenoxy) is 3. The highest BCUT2D eigenvalue weighted by atomic mass is 16.5. The minimum atomic E-state index is 0.444. The molecule has 0 saturated heterocycles. The smallest absolute Gasteiger partial charge is 0.229 e. The summed E-state index contributed by atoms with van der Waals surface area (Å²) >= 11 is 0. The fourth-order valence-electron chi connectivity index (χ4n) is 1.73. The summed E-state index contributed by atoms with van der Waals surface area (Å²) in [6.45, 7) is 3.11. The maximum Gasteiger partial charge on any atom is 0.229 e. The minimum Gasteiger partial charge on any atom is -0.492 e. The van der Waals surface area contributed by atoms with Crippen molar-refractivity contribution in [3.05, 3.63) is 35.9 Å². The molecule has 0 unspecified atom stereocenters. The second-order valence-corrected chi connectivity index (χ2v) is 4.37. The Labute approximate surface area is 124 Å². The number of nitrogens with zero attached hydrogens (tertiary/aromatic N) is 2. The standard InChI is InChI=1S/C15H19N3O3/c1-11-5-4-6-12(9-11)21-8-7-16-15-17-13(19-2)10-14(18-15)20-3/h4-6,9-10H,7-8H2,1-3H3,(H,16,17,18). The molecule has 1 aromatic heterocycles. The molecule has 0 aliphatic rings. The highest BCUT2D eigenvalue weighted by Crippen LogP contribution is 2.17. The van der Waals surface area contributed by atoms with Crippen LogP contribution in [-0.4, -0.2) is 37.3 Å². The van der Waals surface area contributed by atoms with Crippen molar-refractivity contribution in [2.45, 2.75) is 6.92 Å². The number of methoxy groups -OCH3 is 2. The zero-order valence-corrected chi connectivity index (χ0v) is 12.4. The first-order chi connectivity index (χ1) is 10.2. The zero-order valence-electron chi connectivity index (χ0n) is 12.4. The van der Waals surface area contributed by atoms with Crippen LogP contribution in [0.5, 0.6) is 17.5 Å². The fourth-order valence-corrected chi connectivity index (χ4v) is 1.73. The summed E-state index contributed by atoms with van der Waals surface area (Å²) in [4.78, 5) is 8.36. The fraction of sp³-hybridized carbons (Fsp3) is 0.333. The number of anilines is 1. The van der Waals surface area contributed by atoms with E-state index >= 15 is 0 Å². The number of hydrogen-bond acceptors (Lipinski definition) is 6. The molecule has 21 heavy (non-hydrogen) atoms. The normalized spacial score (nSPS) is 10.0. The summed E-state index contributed by atoms with van der Waals surface area (Å²) < 4.78 is 15.8. The summed E-state index contributed by atoms with van der Waals surface area (Å²) in [5.74, 6) is 2.19. The van der Waals surface area contributed by atoms with Crippen molar-refractivity contribution in [2.24, 2.45) is 0 Å². The molecule has 2 rings (SSSR count). The van der Waals surface area contributed by atoms with Gasteiger partial charge in [0, 0.05) is 0 Å². The van der Waals surface area contributed by atoms with Crippen molar-refractivity contribution < 1.29 is 14.2 Å². The van der Waals surface area contributed by atoms with Gasteiger partial charge in [0.25, 0.3) is 0 Å². The van der Waals surface area contributed by atoms with E-state index in [2.05, 4.69) is 15.3 Å². The first-order valence-electron chi connectivity index (χ1n) is 6.61. The van der Waals surface area contributed by atoms with Gasteiger partial charge < -0.3 is 19.5 Å². The van der Waals surface area contributed by atoms with E-state index in [1.807, 2.05) is 31.2 Å². The van der Waals surface area contributed by atoms with Gasteiger partial charge in [-0.3, -0.25) is 0 Å². The summed E-state index contributed by atoms with van der Waals surface area (Å²) in [6, 6.07) is 9.53. The van der Waals surface area contributed by atoms with Gasteiger partial charge in [0.1, 0.15) is 12.4 Å². The molecule has 0 radical (unpaired) electrons. The van der Waals surface area contributed by atoms with E-state index in [0.29, 0.717) is 30.9 Å². The molecule has 0 saturated carbocycles. The maximum atomic E-state index is 5.64. The van der Waals surface area contributed by atoms with E-state index in [1.165, 1.54) is 5.56 Å². The quantitative estimate of drug-likeness (QED) is 0.789. The van der Waals surface area contributed by atoms with E-state index in [1.54, 1.807) is 20.3 Å². The Morgan fingerprint density at radius 1 is 1.05 bits per heavy atom. The molecule has 1 heterocycles. The van der Waals surface area contributed by atoms with Gasteiger partial charge in [-0.2, -0.15) is 9.97 Å². The third-order valence-corrected chi connectivity index (χ3v) is 2.74. The van der Waals surface area contributed by atoms with Crippen LogP contribution in [0.1, 0.15) is 5.56 Å². The van der Waals surface area contributed by atoms with Crippen LogP contribution in [0.3, 0.4) is 0 Å². The molecule has 1 N–H and O–H groups in total. The summed E-state index contributed by atoms with van der Waals surface area (Å²) in [5.41, 5.74) is 1.17. The molecular weight excluding hydrogens is 270 g/mol. The number of hydrogen-bond donors (Lipinski definition) is 1. The van der Waals surface area contributed by atoms with E-state index in [-0.39, 0.29) is 0 Å². The molecule has 0 fully saturated rings. The van der Waals surface area contributed by atoms with Gasteiger partial charge in [-0.05, 0) is 24.6 Å². The maximum absolute atomic E-state index is 5.64. The Bertz CT molecular complexity index is 568. The Morgan fingerprint density at radius 2 is 1.76 bits per heavy atom. The first-order valence-corrected chi connectivity index (χ1v) is 6.61. The van der Waals surface area contributed by atoms with E-state index in [0.717, 1.165) is 5.75 Å². The lowest BCUT2D eigenvalue weighted by Gasteiger charge is -2.09. The van der Waals surface area contributed by atoms with E-state index in [4.69, 9.17) is 14.2 Å². The predicted molar refractivity (Wildman–Crippen MR) is 80.3 cm³/mol. The summed E-state index contributed by atoms with van der Waals surface area (Å²) in [6.07, 6.45) is 0. The SMILES string of the molecule is COc1cc(OC)nc(NCCOc2cccc(C)c2)n1. The average Bonchev–Trinajstić information content (AvgIpc) is 2.51. The van der Waals surface area contributed by atoms with Crippen LogP contribution in [0.25, 0.3) is 0 Å². The third kappa shape index (κ3) is 4.52. The molecule has 0 bridgehead atoms. The van der Waals surface area contributed by atoms with E-state index in [9.17, 15) is 0 Å². The van der Waals surface area contributed by atoms with Crippen LogP contribution in [0, 0.1) is 6.92 Å². The van der Waals surface area contributed by atoms with Gasteiger partial charge in [-0.15, -0.1) is 0 Å². The van der Waals surface area contributed by atoms with Gasteiger partial charge in [-0.1, -0.05) is 12.1 Å². The van der Waals surface area contributed by atoms with Crippen molar-refractivity contribution in [2.75, 3.05) is 32.7 Å². The largest absolute Gasteiger partial charge is 0.492 e. The Kier molecular flexibility index (Phi) is 5.20. The Morgan fingerprint density at radius 3 is 2.38 bits per heavy atom. The van der Waals surface area contributed by atoms with Crippen molar-refractivity contribution in [3.63, 3.8) is 0 Å². The average molecular weight is 289 g/mol. The molecule has 0 aliphatic heterocycles. The monoisotopic (exact) mass is 289 g/mol. The molecule has 0 atom stereocenters. The van der Waals surface area contributed by atoms with Gasteiger partial charge in [-0.25, -0.2) is 0 Å². The van der Waals surface area contributed by atoms with Crippen molar-refractivity contribution in [1.29, 1.82) is 0 Å². The molecule has 0 spiro atoms. The summed E-state index contributed by atoms with van der Waals surface area (Å²) in [5, 5.41) is 3.07. The minimum absolute atomic E-state index is 0.444. The molecule has 1 aromatic carbocycles. The van der Waals surface area contributed by atoms with Crippen LogP contribution >= 0.6 is 0 Å². The van der Waals surface area contributed by atoms with Gasteiger partial charge in [0.05, 0.1) is 26.8 Å². The summed E-state index contributed by atoms with van der Waals surface area (Å²) in [7, 11) is 3.10. The number of aryl methyl sites for hydroxylation is 1. The molecular formula is C15H19N3O3. The lowest BCUT2D eigenvalue weighted by Crippen LogP contribution is -2.13. The molecule has 112 valence electrons. The number of nitrogens with one attached hydrogen (secondary N) is 1. The molecule has 6 heteroatoms. The molecule has 0 aliphatic carbocycles. The van der Waals surface area contributed by atoms with Crippen molar-refractivity contribution in [1.82, 2.24) is 9.97 Å². The number of aromatic nitrogens is 2. The first kappa shape index (κ1) is 14.9. The molecule has 2 aromatic rings. The third-order valence-electron chi connectivity index (χ3n) is 2.74. The lowest BCUT2D eigenvalue weighted by atomic mass is 10.2. The molecule has 0 amide bonds. The van der Waals surface area contributed by atoms with Crippen molar-refractivity contribution in [3.8, 4) is 17.5 Å². The van der Waals surface area contributed by atoms with Crippen LogP contribution in [0.2, 0.25) is 0 Å². The zero-order chi connectivity index (χ0) is 15.1. The highest BCUT2D eigenvalue weighted by molar-refractivity contribution is 5.33. The highest BCUT2D eigenvalue weighted by Gasteiger charge is 2.04. The molecule has 6 nitrogen and oxygen atoms in total. The second-order valence-electron chi connectivity index (χ2n) is 4.37. The van der Waals surface area contributed by atoms with Crippen LogP contribution < -0.4 is 19.5 Å². The van der Waals surface area contributed by atoms with Crippen molar-refractivity contribution >= 4 is 5.95 Å². The topological polar surface area (TPSA) is 65.5 Å². The van der Waals surface area contributed by atoms with Gasteiger partial charge in [0.2, 0.25) is 17.7 Å². The van der Waals surface area contributed by atoms with Gasteiger partial charge >= 0.3 is 0 Å². The van der Waals surface area contributed by atoms with Crippen LogP contribution in [0.4, 0.5) is 5.95 Å². The van der Waals surface area contributed by atoms with Crippen LogP contribution in [-0.2, 0) is 0 Å². The van der Waals surface area contributed by atoms with E-state index < -0.39 is 0 Å². The van der Waals surface area contributed by atoms with Crippen LogP contribution in [0.15, 0.2) is 30.3 Å². The Hall–Kier alpha value is -2.50. The van der Waals surface area contributed by atoms with Gasteiger partial charge in [0.15, 0.2) is 0 Å². The predicted octanol–water partition coefficient (Wildman–Crippen LogP) is 2.29.